The Morgan fingerprint density at radius 2 is 2.53 bits per heavy atom. The first-order valence-electron chi connectivity index (χ1n) is 5.86. The first kappa shape index (κ1) is 11.9. The fraction of sp³-hybridized carbons (Fsp3) is 0.500. The van der Waals surface area contributed by atoms with Gasteiger partial charge in [-0.05, 0) is 12.5 Å². The number of anilines is 1. The summed E-state index contributed by atoms with van der Waals surface area (Å²) >= 11 is 0. The lowest BCUT2D eigenvalue weighted by Crippen LogP contribution is -2.35. The van der Waals surface area contributed by atoms with Crippen molar-refractivity contribution >= 4 is 11.7 Å². The van der Waals surface area contributed by atoms with Gasteiger partial charge in [0.2, 0.25) is 5.91 Å². The average Bonchev–Trinajstić information content (AvgIpc) is 2.76. The predicted molar refractivity (Wildman–Crippen MR) is 66.6 cm³/mol. The van der Waals surface area contributed by atoms with E-state index >= 15 is 0 Å². The summed E-state index contributed by atoms with van der Waals surface area (Å²) in [4.78, 5) is 17.6. The smallest absolute Gasteiger partial charge is 0.217 e. The number of nitrogens with one attached hydrogen (secondary N) is 1. The van der Waals surface area contributed by atoms with Gasteiger partial charge in [-0.2, -0.15) is 0 Å². The minimum atomic E-state index is 0.0249. The zero-order chi connectivity index (χ0) is 12.3. The number of hydrogen-bond donors (Lipinski definition) is 2. The van der Waals surface area contributed by atoms with Crippen molar-refractivity contribution in [2.75, 3.05) is 18.0 Å². The van der Waals surface area contributed by atoms with E-state index in [9.17, 15) is 4.79 Å². The minimum Gasteiger partial charge on any atom is -0.354 e. The normalized spacial score (nSPS) is 19.4. The van der Waals surface area contributed by atoms with Gasteiger partial charge in [0.1, 0.15) is 5.82 Å². The third kappa shape index (κ3) is 2.74. The molecule has 2 rings (SSSR count). The van der Waals surface area contributed by atoms with Crippen molar-refractivity contribution in [2.45, 2.75) is 25.9 Å². The fourth-order valence-corrected chi connectivity index (χ4v) is 2.23. The van der Waals surface area contributed by atoms with Crippen LogP contribution < -0.4 is 16.0 Å². The monoisotopic (exact) mass is 234 g/mol. The predicted octanol–water partition coefficient (Wildman–Crippen LogP) is 0.255. The maximum atomic E-state index is 11.0. The summed E-state index contributed by atoms with van der Waals surface area (Å²) in [7, 11) is 0. The SMILES string of the molecule is CC(=O)NC1CCN(c2ncccc2CN)C1. The molecular formula is C12H18N4O. The van der Waals surface area contributed by atoms with E-state index in [2.05, 4.69) is 15.2 Å². The highest BCUT2D eigenvalue weighted by atomic mass is 16.1. The number of carbonyl (C=O) groups excluding carboxylic acids is 1. The molecule has 1 saturated heterocycles. The van der Waals surface area contributed by atoms with Gasteiger partial charge in [0, 0.05) is 44.4 Å². The Morgan fingerprint density at radius 3 is 3.24 bits per heavy atom. The van der Waals surface area contributed by atoms with Crippen LogP contribution in [0.4, 0.5) is 5.82 Å². The van der Waals surface area contributed by atoms with Crippen LogP contribution in [-0.4, -0.2) is 30.0 Å². The van der Waals surface area contributed by atoms with Crippen molar-refractivity contribution < 1.29 is 4.79 Å². The highest BCUT2D eigenvalue weighted by Gasteiger charge is 2.24. The molecule has 0 radical (unpaired) electrons. The molecule has 1 aliphatic rings. The first-order valence-corrected chi connectivity index (χ1v) is 5.86. The molecule has 0 aliphatic carbocycles. The number of carbonyl (C=O) groups is 1. The zero-order valence-electron chi connectivity index (χ0n) is 10.0. The number of hydrogen-bond acceptors (Lipinski definition) is 4. The van der Waals surface area contributed by atoms with Crippen LogP contribution in [0.5, 0.6) is 0 Å². The van der Waals surface area contributed by atoms with Crippen molar-refractivity contribution in [3.63, 3.8) is 0 Å². The number of nitrogens with zero attached hydrogens (tertiary/aromatic N) is 2. The quantitative estimate of drug-likeness (QED) is 0.786. The largest absolute Gasteiger partial charge is 0.354 e. The summed E-state index contributed by atoms with van der Waals surface area (Å²) in [5.74, 6) is 0.972. The van der Waals surface area contributed by atoms with Crippen LogP contribution in [0.1, 0.15) is 18.9 Å². The Labute approximate surface area is 101 Å². The van der Waals surface area contributed by atoms with Gasteiger partial charge < -0.3 is 16.0 Å². The second-order valence-corrected chi connectivity index (χ2v) is 4.32. The topological polar surface area (TPSA) is 71.2 Å². The third-order valence-electron chi connectivity index (χ3n) is 2.98. The highest BCUT2D eigenvalue weighted by molar-refractivity contribution is 5.73. The van der Waals surface area contributed by atoms with E-state index in [1.165, 1.54) is 0 Å². The van der Waals surface area contributed by atoms with Crippen molar-refractivity contribution in [1.29, 1.82) is 0 Å². The molecule has 17 heavy (non-hydrogen) atoms. The van der Waals surface area contributed by atoms with Crippen molar-refractivity contribution in [3.05, 3.63) is 23.9 Å². The molecule has 0 bridgehead atoms. The summed E-state index contributed by atoms with van der Waals surface area (Å²) in [5, 5.41) is 2.94. The second-order valence-electron chi connectivity index (χ2n) is 4.32. The van der Waals surface area contributed by atoms with Crippen molar-refractivity contribution in [2.24, 2.45) is 5.73 Å². The van der Waals surface area contributed by atoms with Gasteiger partial charge in [-0.15, -0.1) is 0 Å². The number of aromatic nitrogens is 1. The number of nitrogens with two attached hydrogens (primary N) is 1. The van der Waals surface area contributed by atoms with E-state index < -0.39 is 0 Å². The van der Waals surface area contributed by atoms with Crippen molar-refractivity contribution in [3.8, 4) is 0 Å². The molecule has 0 aromatic carbocycles. The summed E-state index contributed by atoms with van der Waals surface area (Å²) in [5.41, 5.74) is 6.75. The summed E-state index contributed by atoms with van der Waals surface area (Å²) in [6.07, 6.45) is 2.74. The molecule has 1 atom stereocenters. The average molecular weight is 234 g/mol. The molecule has 5 nitrogen and oxygen atoms in total. The van der Waals surface area contributed by atoms with Gasteiger partial charge in [0.15, 0.2) is 0 Å². The number of rotatable bonds is 3. The second kappa shape index (κ2) is 5.14. The summed E-state index contributed by atoms with van der Waals surface area (Å²) < 4.78 is 0. The van der Waals surface area contributed by atoms with E-state index in [4.69, 9.17) is 5.73 Å². The van der Waals surface area contributed by atoms with E-state index in [1.54, 1.807) is 13.1 Å². The summed E-state index contributed by atoms with van der Waals surface area (Å²) in [6.45, 7) is 3.76. The van der Waals surface area contributed by atoms with E-state index in [1.807, 2.05) is 12.1 Å². The molecule has 1 unspecified atom stereocenters. The van der Waals surface area contributed by atoms with Gasteiger partial charge in [-0.1, -0.05) is 6.07 Å². The van der Waals surface area contributed by atoms with E-state index in [0.29, 0.717) is 6.54 Å². The molecule has 0 spiro atoms. The van der Waals surface area contributed by atoms with Crippen LogP contribution in [-0.2, 0) is 11.3 Å². The van der Waals surface area contributed by atoms with Crippen LogP contribution in [0.15, 0.2) is 18.3 Å². The molecule has 1 fully saturated rings. The summed E-state index contributed by atoms with van der Waals surface area (Å²) in [6, 6.07) is 4.11. The van der Waals surface area contributed by atoms with Crippen LogP contribution in [0.25, 0.3) is 0 Å². The first-order chi connectivity index (χ1) is 8.20. The van der Waals surface area contributed by atoms with Crippen LogP contribution in [0.3, 0.4) is 0 Å². The van der Waals surface area contributed by atoms with E-state index in [-0.39, 0.29) is 11.9 Å². The van der Waals surface area contributed by atoms with Crippen LogP contribution in [0.2, 0.25) is 0 Å². The molecule has 2 heterocycles. The maximum absolute atomic E-state index is 11.0. The fourth-order valence-electron chi connectivity index (χ4n) is 2.23. The van der Waals surface area contributed by atoms with Crippen molar-refractivity contribution in [1.82, 2.24) is 10.3 Å². The molecule has 1 aromatic heterocycles. The highest BCUT2D eigenvalue weighted by Crippen LogP contribution is 2.21. The molecule has 1 aliphatic heterocycles. The molecule has 3 N–H and O–H groups in total. The van der Waals surface area contributed by atoms with Gasteiger partial charge >= 0.3 is 0 Å². The zero-order valence-corrected chi connectivity index (χ0v) is 10.0. The molecule has 5 heteroatoms. The molecule has 92 valence electrons. The van der Waals surface area contributed by atoms with Gasteiger partial charge in [-0.3, -0.25) is 4.79 Å². The van der Waals surface area contributed by atoms with Crippen LogP contribution in [0, 0.1) is 0 Å². The minimum absolute atomic E-state index is 0.0249. The van der Waals surface area contributed by atoms with Gasteiger partial charge in [0.25, 0.3) is 0 Å². The van der Waals surface area contributed by atoms with Gasteiger partial charge in [-0.25, -0.2) is 4.98 Å². The Balaban J connectivity index is 2.07. The Bertz CT molecular complexity index is 407. The molecular weight excluding hydrogens is 216 g/mol. The lowest BCUT2D eigenvalue weighted by atomic mass is 10.2. The Kier molecular flexibility index (Phi) is 3.58. The lowest BCUT2D eigenvalue weighted by Gasteiger charge is -2.20. The van der Waals surface area contributed by atoms with Gasteiger partial charge in [0.05, 0.1) is 0 Å². The molecule has 0 saturated carbocycles. The number of pyridine rings is 1. The molecule has 1 amide bonds. The number of amides is 1. The van der Waals surface area contributed by atoms with Crippen LogP contribution >= 0.6 is 0 Å². The standard InChI is InChI=1S/C12H18N4O/c1-9(17)15-11-4-6-16(8-11)12-10(7-13)3-2-5-14-12/h2-3,5,11H,4,6-8,13H2,1H3,(H,15,17). The maximum Gasteiger partial charge on any atom is 0.217 e. The third-order valence-corrected chi connectivity index (χ3v) is 2.98. The Hall–Kier alpha value is -1.62. The lowest BCUT2D eigenvalue weighted by molar-refractivity contribution is -0.119. The molecule has 1 aromatic rings. The van der Waals surface area contributed by atoms with E-state index in [0.717, 1.165) is 30.9 Å². The Morgan fingerprint density at radius 1 is 1.71 bits per heavy atom.